The van der Waals surface area contributed by atoms with Gasteiger partial charge >= 0.3 is 0 Å². The van der Waals surface area contributed by atoms with Gasteiger partial charge in [-0.1, -0.05) is 24.3 Å². The first-order chi connectivity index (χ1) is 17.4. The number of aryl methyl sites for hydroxylation is 2. The van der Waals surface area contributed by atoms with Gasteiger partial charge in [0.15, 0.2) is 5.11 Å². The van der Waals surface area contributed by atoms with E-state index in [4.69, 9.17) is 12.2 Å². The molecule has 0 bridgehead atoms. The second-order valence-corrected chi connectivity index (χ2v) is 9.30. The summed E-state index contributed by atoms with van der Waals surface area (Å²) in [4.78, 5) is 19.6. The average Bonchev–Trinajstić information content (AvgIpc) is 3.58. The highest BCUT2D eigenvalue weighted by molar-refractivity contribution is 7.80. The van der Waals surface area contributed by atoms with Crippen molar-refractivity contribution in [3.05, 3.63) is 95.6 Å². The summed E-state index contributed by atoms with van der Waals surface area (Å²) in [6.45, 7) is 6.57. The van der Waals surface area contributed by atoms with Crippen molar-refractivity contribution in [1.82, 2.24) is 34.8 Å². The van der Waals surface area contributed by atoms with Gasteiger partial charge in [0.2, 0.25) is 5.91 Å². The first-order valence-electron chi connectivity index (χ1n) is 11.8. The molecule has 1 aliphatic rings. The van der Waals surface area contributed by atoms with Gasteiger partial charge in [-0.2, -0.15) is 0 Å². The number of carbonyl (C=O) groups excluding carboxylic acids is 1. The van der Waals surface area contributed by atoms with Crippen molar-refractivity contribution in [1.29, 1.82) is 0 Å². The Hall–Kier alpha value is -4.05. The number of amides is 1. The van der Waals surface area contributed by atoms with Gasteiger partial charge in [-0.05, 0) is 62.8 Å². The van der Waals surface area contributed by atoms with Gasteiger partial charge in [-0.3, -0.25) is 14.5 Å². The molecule has 0 radical (unpaired) electrons. The van der Waals surface area contributed by atoms with Crippen LogP contribution in [0, 0.1) is 20.8 Å². The molecule has 1 fully saturated rings. The van der Waals surface area contributed by atoms with Crippen LogP contribution in [0.3, 0.4) is 0 Å². The third-order valence-electron chi connectivity index (χ3n) is 6.59. The third-order valence-corrected chi connectivity index (χ3v) is 6.94. The number of aromatic nitrogens is 5. The fraction of sp³-hybridized carbons (Fsp3) is 0.269. The molecule has 1 saturated heterocycles. The summed E-state index contributed by atoms with van der Waals surface area (Å²) in [6, 6.07) is 15.5. The van der Waals surface area contributed by atoms with E-state index in [2.05, 4.69) is 48.4 Å². The van der Waals surface area contributed by atoms with Gasteiger partial charge in [-0.25, -0.2) is 4.68 Å². The highest BCUT2D eigenvalue weighted by atomic mass is 32.1. The van der Waals surface area contributed by atoms with Crippen LogP contribution in [-0.4, -0.2) is 47.0 Å². The zero-order valence-electron chi connectivity index (χ0n) is 20.4. The van der Waals surface area contributed by atoms with E-state index < -0.39 is 0 Å². The minimum absolute atomic E-state index is 0.0536. The normalized spacial score (nSPS) is 17.3. The Morgan fingerprint density at radius 3 is 2.56 bits per heavy atom. The molecule has 5 rings (SSSR count). The lowest BCUT2D eigenvalue weighted by molar-refractivity contribution is -0.116. The Labute approximate surface area is 215 Å². The molecule has 2 N–H and O–H groups in total. The number of hydrogen-bond donors (Lipinski definition) is 2. The second-order valence-electron chi connectivity index (χ2n) is 8.91. The lowest BCUT2D eigenvalue weighted by Crippen LogP contribution is -2.33. The maximum absolute atomic E-state index is 12.9. The summed E-state index contributed by atoms with van der Waals surface area (Å²) in [5, 5.41) is 15.0. The van der Waals surface area contributed by atoms with E-state index in [1.807, 2.05) is 61.0 Å². The van der Waals surface area contributed by atoms with Gasteiger partial charge in [0.25, 0.3) is 0 Å². The highest BCUT2D eigenvalue weighted by Gasteiger charge is 2.41. The van der Waals surface area contributed by atoms with Crippen molar-refractivity contribution < 1.29 is 4.79 Å². The first-order valence-corrected chi connectivity index (χ1v) is 12.2. The number of hydrogen-bond acceptors (Lipinski definition) is 5. The van der Waals surface area contributed by atoms with Gasteiger partial charge in [-0.15, -0.1) is 10.2 Å². The molecule has 0 unspecified atom stereocenters. The van der Waals surface area contributed by atoms with Crippen molar-refractivity contribution in [2.75, 3.05) is 11.9 Å². The van der Waals surface area contributed by atoms with Crippen LogP contribution >= 0.6 is 12.2 Å². The molecule has 0 aliphatic carbocycles. The standard InChI is InChI=1S/C26H28N8OS/c1-17-8-4-5-9-21(17)30-23(35)11-13-33-25(24(31-26(33)36)22-10-6-7-12-27-22)20-14-18(2)34(19(20)3)32-15-28-29-16-32/h4-10,12,14-16,24-25H,11,13H2,1-3H3,(H,30,35)(H,31,36)/t24-,25+/m1/s1. The van der Waals surface area contributed by atoms with E-state index in [9.17, 15) is 4.79 Å². The van der Waals surface area contributed by atoms with Crippen molar-refractivity contribution in [3.8, 4) is 0 Å². The van der Waals surface area contributed by atoms with Crippen molar-refractivity contribution >= 4 is 28.9 Å². The fourth-order valence-electron chi connectivity index (χ4n) is 4.86. The van der Waals surface area contributed by atoms with Crippen LogP contribution in [0.2, 0.25) is 0 Å². The fourth-order valence-corrected chi connectivity index (χ4v) is 5.20. The van der Waals surface area contributed by atoms with Crippen LogP contribution in [0.5, 0.6) is 0 Å². The van der Waals surface area contributed by atoms with Crippen molar-refractivity contribution in [2.24, 2.45) is 0 Å². The number of carbonyl (C=O) groups is 1. The maximum Gasteiger partial charge on any atom is 0.226 e. The number of benzene rings is 1. The van der Waals surface area contributed by atoms with Gasteiger partial charge in [0, 0.05) is 41.8 Å². The molecular weight excluding hydrogens is 472 g/mol. The summed E-state index contributed by atoms with van der Waals surface area (Å²) in [6.07, 6.45) is 5.43. The minimum Gasteiger partial charge on any atom is -0.352 e. The van der Waals surface area contributed by atoms with Crippen LogP contribution in [-0.2, 0) is 4.79 Å². The Morgan fingerprint density at radius 2 is 1.83 bits per heavy atom. The third kappa shape index (κ3) is 4.47. The topological polar surface area (TPSA) is 92.9 Å². The lowest BCUT2D eigenvalue weighted by atomic mass is 9.96. The lowest BCUT2D eigenvalue weighted by Gasteiger charge is -2.28. The smallest absolute Gasteiger partial charge is 0.226 e. The molecule has 1 aromatic carbocycles. The molecule has 36 heavy (non-hydrogen) atoms. The monoisotopic (exact) mass is 500 g/mol. The number of rotatable bonds is 7. The van der Waals surface area contributed by atoms with E-state index in [1.165, 1.54) is 0 Å². The van der Waals surface area contributed by atoms with E-state index in [0.717, 1.165) is 33.9 Å². The van der Waals surface area contributed by atoms with Gasteiger partial charge in [0.05, 0.1) is 17.8 Å². The molecule has 2 atom stereocenters. The van der Waals surface area contributed by atoms with Crippen LogP contribution in [0.15, 0.2) is 67.4 Å². The van der Waals surface area contributed by atoms with E-state index in [-0.39, 0.29) is 18.0 Å². The molecule has 3 aromatic heterocycles. The maximum atomic E-state index is 12.9. The quantitative estimate of drug-likeness (QED) is 0.374. The summed E-state index contributed by atoms with van der Waals surface area (Å²) >= 11 is 5.78. The predicted molar refractivity (Wildman–Crippen MR) is 141 cm³/mol. The number of nitrogens with zero attached hydrogens (tertiary/aromatic N) is 6. The molecule has 4 aromatic rings. The Kier molecular flexibility index (Phi) is 6.51. The summed E-state index contributed by atoms with van der Waals surface area (Å²) < 4.78 is 3.92. The summed E-state index contributed by atoms with van der Waals surface area (Å²) in [7, 11) is 0. The van der Waals surface area contributed by atoms with Gasteiger partial charge in [0.1, 0.15) is 12.7 Å². The molecule has 10 heteroatoms. The summed E-state index contributed by atoms with van der Waals surface area (Å²) in [5.74, 6) is -0.0536. The number of para-hydroxylation sites is 1. The zero-order valence-corrected chi connectivity index (χ0v) is 21.2. The first kappa shape index (κ1) is 23.7. The molecular formula is C26H28N8OS. The highest BCUT2D eigenvalue weighted by Crippen LogP contribution is 2.40. The molecule has 0 saturated carbocycles. The largest absolute Gasteiger partial charge is 0.352 e. The Morgan fingerprint density at radius 1 is 1.08 bits per heavy atom. The zero-order chi connectivity index (χ0) is 25.2. The number of nitrogens with one attached hydrogen (secondary N) is 2. The average molecular weight is 501 g/mol. The Bertz CT molecular complexity index is 1380. The van der Waals surface area contributed by atoms with E-state index in [0.29, 0.717) is 18.1 Å². The molecule has 1 aliphatic heterocycles. The summed E-state index contributed by atoms with van der Waals surface area (Å²) in [5.41, 5.74) is 5.93. The predicted octanol–water partition coefficient (Wildman–Crippen LogP) is 3.71. The van der Waals surface area contributed by atoms with Crippen molar-refractivity contribution in [2.45, 2.75) is 39.3 Å². The molecule has 9 nitrogen and oxygen atoms in total. The SMILES string of the molecule is Cc1ccccc1NC(=O)CCN1C(=S)N[C@H](c2ccccn2)[C@@H]1c1cc(C)n(-n2cnnc2)c1C. The molecule has 0 spiro atoms. The van der Waals surface area contributed by atoms with Crippen LogP contribution in [0.4, 0.5) is 5.69 Å². The van der Waals surface area contributed by atoms with Crippen LogP contribution in [0.25, 0.3) is 0 Å². The van der Waals surface area contributed by atoms with Crippen molar-refractivity contribution in [3.63, 3.8) is 0 Å². The molecule has 184 valence electrons. The van der Waals surface area contributed by atoms with Gasteiger partial charge < -0.3 is 15.5 Å². The number of pyridine rings is 1. The molecule has 1 amide bonds. The molecule has 4 heterocycles. The number of anilines is 1. The Balaban J connectivity index is 1.46. The number of thiocarbonyl (C=S) groups is 1. The minimum atomic E-state index is -0.159. The second kappa shape index (κ2) is 9.90. The van der Waals surface area contributed by atoms with E-state index >= 15 is 0 Å². The van der Waals surface area contributed by atoms with Crippen LogP contribution < -0.4 is 10.6 Å². The van der Waals surface area contributed by atoms with Crippen LogP contribution in [0.1, 0.15) is 46.7 Å². The van der Waals surface area contributed by atoms with E-state index in [1.54, 1.807) is 18.9 Å².